The monoisotopic (exact) mass is 1110 g/mol. The number of benzene rings is 2. The van der Waals surface area contributed by atoms with E-state index in [2.05, 4.69) is 52.2 Å². The number of primary amides is 1. The summed E-state index contributed by atoms with van der Waals surface area (Å²) in [5, 5.41) is 38.6. The van der Waals surface area contributed by atoms with Gasteiger partial charge < -0.3 is 93.3 Å². The first-order valence-electron chi connectivity index (χ1n) is 26.1. The number of phenols is 1. The molecule has 0 fully saturated rings. The van der Waals surface area contributed by atoms with Gasteiger partial charge in [0, 0.05) is 32.5 Å². The number of aliphatic hydroxyl groups is 1. The minimum Gasteiger partial charge on any atom is -0.508 e. The van der Waals surface area contributed by atoms with Gasteiger partial charge in [0.05, 0.1) is 12.6 Å². The molecule has 25 N–H and O–H groups in total. The topological polar surface area (TPSA) is 506 Å². The minimum absolute atomic E-state index is 0.00637. The fourth-order valence-corrected chi connectivity index (χ4v) is 7.86. The fraction of sp³-hybridized carbons (Fsp3) is 0.549. The SMILES string of the molecule is CC(C)C[C@H](NC(=O)[C@H](CC(C)C)NC(=O)[C@H](CO)NC(=O)[C@H](Cc1ccccc1)NC(=O)[C@H](CCCN=C(N)N)NC(=O)[C@@H](N)CCCN=C(N)N)C(=O)N[C@@H](CCCN=C(N)N)C(=O)N[C@@H](Cc1ccc(O)cc1)C(N)=O. The number of hydrogen-bond acceptors (Lipinski definition) is 14. The quantitative estimate of drug-likeness (QED) is 0.0174. The zero-order valence-electron chi connectivity index (χ0n) is 45.5. The molecule has 2 rings (SSSR count). The standard InChI is InChI=1S/C51H84N18O10/c1-28(2)23-37(45(76)64-35(15-10-22-62-51(58)59)43(74)65-36(41(53)72)25-31-16-18-32(71)19-17-31)66-46(77)38(24-29(3)4)67-48(79)40(27-70)69-47(78)39(26-30-11-6-5-7-12-30)68-44(75)34(14-9-21-61-50(56)57)63-42(73)33(52)13-8-20-60-49(54)55/h5-7,11-12,16-19,28-29,33-40,70-71H,8-10,13-15,20-27,52H2,1-4H3,(H2,53,72)(H,63,73)(H,64,76)(H,65,74)(H,66,77)(H,67,79)(H,68,75)(H,69,78)(H4,54,55,60)(H4,56,57,61)(H4,58,59,62)/t33-,34-,35-,36-,37-,38-,39-,40-/m0/s1. The highest BCUT2D eigenvalue weighted by Gasteiger charge is 2.35. The van der Waals surface area contributed by atoms with Crippen LogP contribution in [0, 0.1) is 11.8 Å². The van der Waals surface area contributed by atoms with Crippen LogP contribution in [0.1, 0.15) is 90.2 Å². The second kappa shape index (κ2) is 35.2. The van der Waals surface area contributed by atoms with Crippen LogP contribution in [0.4, 0.5) is 0 Å². The summed E-state index contributed by atoms with van der Waals surface area (Å²) < 4.78 is 0. The van der Waals surface area contributed by atoms with Crippen LogP contribution in [-0.2, 0) is 51.2 Å². The Labute approximate surface area is 460 Å². The molecule has 28 nitrogen and oxygen atoms in total. The average molecular weight is 1110 g/mol. The number of carbonyl (C=O) groups excluding carboxylic acids is 8. The van der Waals surface area contributed by atoms with E-state index in [4.69, 9.17) is 45.9 Å². The van der Waals surface area contributed by atoms with E-state index in [1.165, 1.54) is 12.1 Å². The first-order chi connectivity index (χ1) is 37.3. The molecule has 0 unspecified atom stereocenters. The van der Waals surface area contributed by atoms with Gasteiger partial charge in [-0.3, -0.25) is 53.3 Å². The van der Waals surface area contributed by atoms with Gasteiger partial charge in [-0.1, -0.05) is 70.2 Å². The van der Waals surface area contributed by atoms with E-state index in [9.17, 15) is 48.6 Å². The lowest BCUT2D eigenvalue weighted by Gasteiger charge is -2.28. The molecular weight excluding hydrogens is 1020 g/mol. The Kier molecular flexibility index (Phi) is 29.8. The summed E-state index contributed by atoms with van der Waals surface area (Å²) in [5.74, 6) is -7.55. The van der Waals surface area contributed by atoms with Crippen molar-refractivity contribution in [3.8, 4) is 5.75 Å². The number of phenolic OH excluding ortho intramolecular Hbond substituents is 1. The molecule has 8 atom stereocenters. The van der Waals surface area contributed by atoms with Crippen molar-refractivity contribution in [2.24, 2.45) is 72.7 Å². The molecule has 0 radical (unpaired) electrons. The van der Waals surface area contributed by atoms with Gasteiger partial charge in [0.2, 0.25) is 47.3 Å². The number of hydrogen-bond donors (Lipinski definition) is 17. The van der Waals surface area contributed by atoms with Crippen LogP contribution in [0.25, 0.3) is 0 Å². The van der Waals surface area contributed by atoms with Crippen molar-refractivity contribution in [2.45, 2.75) is 140 Å². The fourth-order valence-electron chi connectivity index (χ4n) is 7.86. The zero-order chi connectivity index (χ0) is 59.2. The van der Waals surface area contributed by atoms with Crippen molar-refractivity contribution >= 4 is 65.1 Å². The van der Waals surface area contributed by atoms with Crippen LogP contribution in [-0.4, -0.2) is 150 Å². The van der Waals surface area contributed by atoms with Crippen LogP contribution in [0.15, 0.2) is 69.6 Å². The Hall–Kier alpha value is -8.27. The lowest BCUT2D eigenvalue weighted by Crippen LogP contribution is -2.61. The van der Waals surface area contributed by atoms with E-state index in [1.54, 1.807) is 70.2 Å². The first-order valence-corrected chi connectivity index (χ1v) is 26.1. The van der Waals surface area contributed by atoms with Gasteiger partial charge in [-0.2, -0.15) is 0 Å². The summed E-state index contributed by atoms with van der Waals surface area (Å²) in [7, 11) is 0. The Balaban J connectivity index is 2.39. The molecule has 0 spiro atoms. The second-order valence-corrected chi connectivity index (χ2v) is 19.8. The Bertz CT molecular complexity index is 2380. The van der Waals surface area contributed by atoms with Crippen molar-refractivity contribution in [1.29, 1.82) is 0 Å². The summed E-state index contributed by atoms with van der Waals surface area (Å²) in [4.78, 5) is 122. The van der Waals surface area contributed by atoms with Crippen LogP contribution in [0.3, 0.4) is 0 Å². The molecule has 438 valence electrons. The molecule has 0 aliphatic rings. The van der Waals surface area contributed by atoms with Gasteiger partial charge in [0.25, 0.3) is 0 Å². The number of aliphatic imine (C=N–C) groups is 3. The molecule has 28 heteroatoms. The van der Waals surface area contributed by atoms with Crippen LogP contribution in [0.2, 0.25) is 0 Å². The maximum Gasteiger partial charge on any atom is 0.245 e. The number of nitrogens with zero attached hydrogens (tertiary/aromatic N) is 3. The molecule has 0 aromatic heterocycles. The van der Waals surface area contributed by atoms with E-state index >= 15 is 0 Å². The van der Waals surface area contributed by atoms with Crippen LogP contribution >= 0.6 is 0 Å². The van der Waals surface area contributed by atoms with Gasteiger partial charge in [-0.25, -0.2) is 0 Å². The lowest BCUT2D eigenvalue weighted by molar-refractivity contribution is -0.136. The maximum absolute atomic E-state index is 14.2. The third kappa shape index (κ3) is 27.1. The Morgan fingerprint density at radius 3 is 1.22 bits per heavy atom. The molecule has 0 saturated heterocycles. The number of amides is 8. The van der Waals surface area contributed by atoms with E-state index in [0.717, 1.165) is 0 Å². The van der Waals surface area contributed by atoms with Crippen molar-refractivity contribution in [1.82, 2.24) is 37.2 Å². The van der Waals surface area contributed by atoms with E-state index < -0.39 is 102 Å². The highest BCUT2D eigenvalue weighted by Crippen LogP contribution is 2.14. The summed E-state index contributed by atoms with van der Waals surface area (Å²) in [6, 6.07) is 3.96. The van der Waals surface area contributed by atoms with Gasteiger partial charge in [-0.15, -0.1) is 0 Å². The number of aliphatic hydroxyl groups excluding tert-OH is 1. The zero-order valence-corrected chi connectivity index (χ0v) is 45.5. The van der Waals surface area contributed by atoms with Crippen LogP contribution < -0.4 is 83.1 Å². The molecule has 79 heavy (non-hydrogen) atoms. The van der Waals surface area contributed by atoms with Gasteiger partial charge in [-0.05, 0) is 86.5 Å². The molecule has 2 aromatic rings. The van der Waals surface area contributed by atoms with Gasteiger partial charge >= 0.3 is 0 Å². The number of nitrogens with two attached hydrogens (primary N) is 8. The molecule has 8 amide bonds. The molecule has 0 saturated carbocycles. The number of guanidine groups is 3. The molecule has 0 aliphatic heterocycles. The first kappa shape index (κ1) is 66.8. The van der Waals surface area contributed by atoms with E-state index in [-0.39, 0.29) is 113 Å². The normalized spacial score (nSPS) is 14.0. The Morgan fingerprint density at radius 1 is 0.443 bits per heavy atom. The highest BCUT2D eigenvalue weighted by molar-refractivity contribution is 5.98. The smallest absolute Gasteiger partial charge is 0.245 e. The van der Waals surface area contributed by atoms with E-state index in [0.29, 0.717) is 17.5 Å². The van der Waals surface area contributed by atoms with Crippen LogP contribution in [0.5, 0.6) is 5.75 Å². The number of aromatic hydroxyl groups is 1. The van der Waals surface area contributed by atoms with Crippen molar-refractivity contribution in [3.63, 3.8) is 0 Å². The Morgan fingerprint density at radius 2 is 0.785 bits per heavy atom. The van der Waals surface area contributed by atoms with Crippen molar-refractivity contribution < 1.29 is 48.6 Å². The minimum atomic E-state index is -1.68. The predicted octanol–water partition coefficient (Wildman–Crippen LogP) is -4.37. The summed E-state index contributed by atoms with van der Waals surface area (Å²) in [5.41, 5.74) is 45.7. The average Bonchev–Trinajstić information content (AvgIpc) is 3.37. The number of rotatable bonds is 36. The number of nitrogens with one attached hydrogen (secondary N) is 7. The van der Waals surface area contributed by atoms with E-state index in [1.807, 2.05) is 0 Å². The second-order valence-electron chi connectivity index (χ2n) is 19.8. The van der Waals surface area contributed by atoms with Crippen molar-refractivity contribution in [3.05, 3.63) is 65.7 Å². The third-order valence-corrected chi connectivity index (χ3v) is 11.9. The van der Waals surface area contributed by atoms with Gasteiger partial charge in [0.1, 0.15) is 48.0 Å². The largest absolute Gasteiger partial charge is 0.508 e. The molecule has 0 heterocycles. The summed E-state index contributed by atoms with van der Waals surface area (Å²) >= 11 is 0. The molecule has 0 aliphatic carbocycles. The molecule has 0 bridgehead atoms. The predicted molar refractivity (Wildman–Crippen MR) is 298 cm³/mol. The highest BCUT2D eigenvalue weighted by atomic mass is 16.3. The maximum atomic E-state index is 14.2. The van der Waals surface area contributed by atoms with Crippen molar-refractivity contribution in [2.75, 3.05) is 26.2 Å². The third-order valence-electron chi connectivity index (χ3n) is 11.9. The number of carbonyl (C=O) groups is 8. The molecule has 2 aromatic carbocycles. The summed E-state index contributed by atoms with van der Waals surface area (Å²) in [6.07, 6.45) is 0.849. The van der Waals surface area contributed by atoms with Gasteiger partial charge in [0.15, 0.2) is 17.9 Å². The summed E-state index contributed by atoms with van der Waals surface area (Å²) in [6.45, 7) is 6.58. The molecular formula is C51H84N18O10. The lowest BCUT2D eigenvalue weighted by atomic mass is 9.99.